The maximum atomic E-state index is 12.3. The Kier molecular flexibility index (Phi) is 2.59. The maximum Gasteiger partial charge on any atom is 0.471 e. The van der Waals surface area contributed by atoms with Gasteiger partial charge in [0.1, 0.15) is 0 Å². The van der Waals surface area contributed by atoms with Crippen molar-refractivity contribution in [3.8, 4) is 0 Å². The van der Waals surface area contributed by atoms with Crippen LogP contribution in [0.3, 0.4) is 0 Å². The Bertz CT molecular complexity index is 368. The summed E-state index contributed by atoms with van der Waals surface area (Å²) >= 11 is 0. The molecule has 2 atom stereocenters. The molecule has 96 valence electrons. The predicted molar refractivity (Wildman–Crippen MR) is 50.1 cm³/mol. The summed E-state index contributed by atoms with van der Waals surface area (Å²) in [5.74, 6) is -3.01. The average molecular weight is 251 g/mol. The summed E-state index contributed by atoms with van der Waals surface area (Å²) in [7, 11) is 0. The lowest BCUT2D eigenvalue weighted by Crippen LogP contribution is -2.44. The Balaban J connectivity index is 2.23. The molecule has 1 amide bonds. The lowest BCUT2D eigenvalue weighted by molar-refractivity contribution is -0.186. The molecule has 2 unspecified atom stereocenters. The largest absolute Gasteiger partial charge is 0.481 e. The van der Waals surface area contributed by atoms with Gasteiger partial charge in [-0.2, -0.15) is 13.2 Å². The number of alkyl halides is 3. The summed E-state index contributed by atoms with van der Waals surface area (Å²) < 4.78 is 37.0. The molecule has 1 saturated carbocycles. The monoisotopic (exact) mass is 251 g/mol. The van der Waals surface area contributed by atoms with E-state index < -0.39 is 29.5 Å². The SMILES string of the molecule is O=C(N1CC2(C(=O)O)CCCC1C2)C(F)(F)F. The van der Waals surface area contributed by atoms with E-state index in [2.05, 4.69) is 0 Å². The zero-order valence-electron chi connectivity index (χ0n) is 8.96. The number of rotatable bonds is 1. The molecule has 0 aromatic carbocycles. The Labute approximate surface area is 95.4 Å². The van der Waals surface area contributed by atoms with E-state index in [-0.39, 0.29) is 13.0 Å². The highest BCUT2D eigenvalue weighted by atomic mass is 19.4. The van der Waals surface area contributed by atoms with Gasteiger partial charge >= 0.3 is 18.1 Å². The summed E-state index contributed by atoms with van der Waals surface area (Å²) in [4.78, 5) is 23.0. The van der Waals surface area contributed by atoms with E-state index >= 15 is 0 Å². The fourth-order valence-corrected chi connectivity index (χ4v) is 2.86. The van der Waals surface area contributed by atoms with Crippen LogP contribution in [-0.4, -0.2) is 40.6 Å². The van der Waals surface area contributed by atoms with Gasteiger partial charge in [-0.25, -0.2) is 0 Å². The Hall–Kier alpha value is -1.27. The van der Waals surface area contributed by atoms with E-state index in [1.807, 2.05) is 0 Å². The molecule has 0 spiro atoms. The zero-order valence-corrected chi connectivity index (χ0v) is 8.96. The number of nitrogens with zero attached hydrogens (tertiary/aromatic N) is 1. The number of carboxylic acids is 1. The van der Waals surface area contributed by atoms with Gasteiger partial charge in [0.25, 0.3) is 0 Å². The van der Waals surface area contributed by atoms with Crippen LogP contribution in [0.15, 0.2) is 0 Å². The van der Waals surface area contributed by atoms with Gasteiger partial charge in [-0.3, -0.25) is 9.59 Å². The molecule has 7 heteroatoms. The van der Waals surface area contributed by atoms with Crippen LogP contribution in [-0.2, 0) is 9.59 Å². The fourth-order valence-electron chi connectivity index (χ4n) is 2.86. The van der Waals surface area contributed by atoms with Gasteiger partial charge in [0.15, 0.2) is 0 Å². The summed E-state index contributed by atoms with van der Waals surface area (Å²) in [5, 5.41) is 9.10. The van der Waals surface area contributed by atoms with Crippen molar-refractivity contribution in [2.24, 2.45) is 5.41 Å². The number of likely N-dealkylation sites (tertiary alicyclic amines) is 1. The minimum absolute atomic E-state index is 0.143. The van der Waals surface area contributed by atoms with Crippen molar-refractivity contribution in [3.05, 3.63) is 0 Å². The lowest BCUT2D eigenvalue weighted by Gasteiger charge is -2.26. The van der Waals surface area contributed by atoms with Crippen molar-refractivity contribution in [2.75, 3.05) is 6.54 Å². The second-order valence-corrected chi connectivity index (χ2v) is 4.77. The standard InChI is InChI=1S/C10H12F3NO3/c11-10(12,13)7(15)14-5-9(8(16)17)3-1-2-6(14)4-9/h6H,1-5H2,(H,16,17). The number of hydrogen-bond acceptors (Lipinski definition) is 2. The first-order valence-corrected chi connectivity index (χ1v) is 5.37. The highest BCUT2D eigenvalue weighted by molar-refractivity contribution is 5.85. The predicted octanol–water partition coefficient (Wildman–Crippen LogP) is 1.40. The van der Waals surface area contributed by atoms with Gasteiger partial charge in [0.2, 0.25) is 0 Å². The highest BCUT2D eigenvalue weighted by Crippen LogP contribution is 2.46. The molecule has 2 fully saturated rings. The number of carbonyl (C=O) groups excluding carboxylic acids is 1. The molecule has 0 aromatic rings. The molecule has 17 heavy (non-hydrogen) atoms. The van der Waals surface area contributed by atoms with Crippen molar-refractivity contribution < 1.29 is 27.9 Å². The van der Waals surface area contributed by atoms with Crippen molar-refractivity contribution in [1.29, 1.82) is 0 Å². The van der Waals surface area contributed by atoms with Crippen LogP contribution in [0.2, 0.25) is 0 Å². The molecular weight excluding hydrogens is 239 g/mol. The first-order chi connectivity index (χ1) is 7.76. The van der Waals surface area contributed by atoms with Crippen LogP contribution in [0.4, 0.5) is 13.2 Å². The molecule has 2 aliphatic rings. The van der Waals surface area contributed by atoms with Crippen LogP contribution in [0.5, 0.6) is 0 Å². The lowest BCUT2D eigenvalue weighted by atomic mass is 9.76. The van der Waals surface area contributed by atoms with Gasteiger partial charge in [-0.05, 0) is 19.3 Å². The summed E-state index contributed by atoms with van der Waals surface area (Å²) in [5.41, 5.74) is -1.16. The number of halogens is 3. The van der Waals surface area contributed by atoms with Gasteiger partial charge in [0, 0.05) is 12.6 Å². The van der Waals surface area contributed by atoms with Crippen LogP contribution in [0.1, 0.15) is 25.7 Å². The van der Waals surface area contributed by atoms with E-state index in [9.17, 15) is 22.8 Å². The third-order valence-electron chi connectivity index (χ3n) is 3.69. The molecule has 1 aliphatic heterocycles. The minimum atomic E-state index is -4.92. The Morgan fingerprint density at radius 1 is 1.35 bits per heavy atom. The van der Waals surface area contributed by atoms with Crippen LogP contribution >= 0.6 is 0 Å². The van der Waals surface area contributed by atoms with Gasteiger partial charge in [-0.1, -0.05) is 6.42 Å². The number of aliphatic carboxylic acids is 1. The van der Waals surface area contributed by atoms with E-state index in [1.165, 1.54) is 0 Å². The summed E-state index contributed by atoms with van der Waals surface area (Å²) in [6, 6.07) is -0.575. The third kappa shape index (κ3) is 1.87. The van der Waals surface area contributed by atoms with Gasteiger partial charge in [0.05, 0.1) is 5.41 Å². The van der Waals surface area contributed by atoms with Crippen LogP contribution < -0.4 is 0 Å². The molecule has 1 N–H and O–H groups in total. The zero-order chi connectivity index (χ0) is 12.8. The summed E-state index contributed by atoms with van der Waals surface area (Å²) in [6.45, 7) is -0.314. The van der Waals surface area contributed by atoms with Gasteiger partial charge < -0.3 is 10.0 Å². The Morgan fingerprint density at radius 3 is 2.47 bits per heavy atom. The maximum absolute atomic E-state index is 12.3. The first kappa shape index (κ1) is 12.2. The molecule has 2 rings (SSSR count). The molecule has 0 aromatic heterocycles. The molecule has 4 nitrogen and oxygen atoms in total. The number of fused-ring (bicyclic) bond motifs is 2. The Morgan fingerprint density at radius 2 is 2.00 bits per heavy atom. The fraction of sp³-hybridized carbons (Fsp3) is 0.800. The topological polar surface area (TPSA) is 57.6 Å². The van der Waals surface area contributed by atoms with Crippen molar-refractivity contribution in [2.45, 2.75) is 37.9 Å². The first-order valence-electron chi connectivity index (χ1n) is 5.37. The van der Waals surface area contributed by atoms with Gasteiger partial charge in [-0.15, -0.1) is 0 Å². The number of carboxylic acid groups (broad SMARTS) is 1. The second-order valence-electron chi connectivity index (χ2n) is 4.77. The van der Waals surface area contributed by atoms with E-state index in [4.69, 9.17) is 5.11 Å². The van der Waals surface area contributed by atoms with Crippen LogP contribution in [0, 0.1) is 5.41 Å². The highest BCUT2D eigenvalue weighted by Gasteiger charge is 2.57. The normalized spacial score (nSPS) is 32.6. The van der Waals surface area contributed by atoms with Crippen LogP contribution in [0.25, 0.3) is 0 Å². The van der Waals surface area contributed by atoms with Crippen molar-refractivity contribution in [3.63, 3.8) is 0 Å². The van der Waals surface area contributed by atoms with E-state index in [1.54, 1.807) is 0 Å². The van der Waals surface area contributed by atoms with Crippen molar-refractivity contribution in [1.82, 2.24) is 4.90 Å². The second kappa shape index (κ2) is 3.61. The smallest absolute Gasteiger partial charge is 0.471 e. The van der Waals surface area contributed by atoms with E-state index in [0.29, 0.717) is 24.2 Å². The number of carbonyl (C=O) groups is 2. The third-order valence-corrected chi connectivity index (χ3v) is 3.69. The molecule has 1 saturated heterocycles. The molecule has 2 bridgehead atoms. The quantitative estimate of drug-likeness (QED) is 0.766. The number of hydrogen-bond donors (Lipinski definition) is 1. The summed E-state index contributed by atoms with van der Waals surface area (Å²) in [6.07, 6.45) is -3.42. The average Bonchev–Trinajstić information content (AvgIpc) is 2.49. The minimum Gasteiger partial charge on any atom is -0.481 e. The molecule has 0 radical (unpaired) electrons. The van der Waals surface area contributed by atoms with E-state index in [0.717, 1.165) is 0 Å². The molecule has 1 aliphatic carbocycles. The van der Waals surface area contributed by atoms with Crippen molar-refractivity contribution >= 4 is 11.9 Å². The number of amides is 1. The molecule has 1 heterocycles. The molecular formula is C10H12F3NO3.